The molecule has 276 valence electrons. The molecule has 0 aliphatic carbocycles. The Morgan fingerprint density at radius 1 is 1.02 bits per heavy atom. The van der Waals surface area contributed by atoms with Crippen molar-refractivity contribution in [1.82, 2.24) is 44.3 Å². The summed E-state index contributed by atoms with van der Waals surface area (Å²) < 4.78 is 100. The van der Waals surface area contributed by atoms with Crippen molar-refractivity contribution in [3.05, 3.63) is 75.3 Å². The van der Waals surface area contributed by atoms with Crippen LogP contribution in [0, 0.1) is 0 Å². The van der Waals surface area contributed by atoms with Crippen LogP contribution in [0.5, 0.6) is 0 Å². The van der Waals surface area contributed by atoms with Gasteiger partial charge in [-0.3, -0.25) is 23.3 Å². The van der Waals surface area contributed by atoms with Crippen molar-refractivity contribution in [2.45, 2.75) is 38.0 Å². The minimum Gasteiger partial charge on any atom is -0.382 e. The average molecular weight is 768 g/mol. The third-order valence-electron chi connectivity index (χ3n) is 7.48. The van der Waals surface area contributed by atoms with Crippen LogP contribution >= 0.6 is 22.2 Å². The SMILES string of the molecule is O=C(NCCC(F)(F)F)c1cccnc1-n1nc(Cn2nc(-c3ccc(Cl)cc3)n(C[C@H](O)C(F)(F)F)c2=O)nc1C(=O)N1CCS(O)(O)CC1. The van der Waals surface area contributed by atoms with E-state index in [0.717, 1.165) is 4.68 Å². The topological polar surface area (TPSA) is 194 Å². The first-order valence-electron chi connectivity index (χ1n) is 14.8. The van der Waals surface area contributed by atoms with Crippen LogP contribution in [0.25, 0.3) is 17.2 Å². The van der Waals surface area contributed by atoms with Crippen LogP contribution in [-0.2, 0) is 13.1 Å². The molecule has 4 N–H and O–H groups in total. The number of benzene rings is 1. The number of aromatic nitrogens is 7. The molecule has 1 aromatic carbocycles. The molecular formula is C28H28ClF6N9O6S. The quantitative estimate of drug-likeness (QED) is 0.174. The Kier molecular flexibility index (Phi) is 10.8. The molecule has 1 fully saturated rings. The maximum Gasteiger partial charge on any atom is 0.416 e. The molecule has 0 spiro atoms. The molecule has 4 heterocycles. The summed E-state index contributed by atoms with van der Waals surface area (Å²) in [5.41, 5.74) is -1.29. The predicted molar refractivity (Wildman–Crippen MR) is 169 cm³/mol. The number of nitrogens with zero attached hydrogens (tertiary/aromatic N) is 8. The molecule has 23 heteroatoms. The minimum absolute atomic E-state index is 0.119. The van der Waals surface area contributed by atoms with Crippen LogP contribution in [0.1, 0.15) is 33.2 Å². The van der Waals surface area contributed by atoms with Crippen LogP contribution < -0.4 is 11.0 Å². The van der Waals surface area contributed by atoms with Gasteiger partial charge in [0, 0.05) is 36.4 Å². The molecule has 2 amide bonds. The summed E-state index contributed by atoms with van der Waals surface area (Å²) in [4.78, 5) is 49.7. The molecule has 1 atom stereocenters. The smallest absolute Gasteiger partial charge is 0.382 e. The van der Waals surface area contributed by atoms with Crippen molar-refractivity contribution >= 4 is 34.0 Å². The fourth-order valence-corrected chi connectivity index (χ4v) is 6.22. The Bertz CT molecular complexity index is 1960. The van der Waals surface area contributed by atoms with Gasteiger partial charge < -0.3 is 15.3 Å². The molecule has 1 saturated heterocycles. The first kappa shape index (κ1) is 37.7. The fraction of sp³-hybridized carbons (Fsp3) is 0.393. The van der Waals surface area contributed by atoms with Crippen LogP contribution in [0.15, 0.2) is 47.4 Å². The Morgan fingerprint density at radius 3 is 2.31 bits per heavy atom. The number of carbonyl (C=O) groups excluding carboxylic acids is 2. The van der Waals surface area contributed by atoms with Gasteiger partial charge in [0.25, 0.3) is 11.8 Å². The lowest BCUT2D eigenvalue weighted by atomic mass is 10.2. The Balaban J connectivity index is 1.57. The fourth-order valence-electron chi connectivity index (χ4n) is 4.87. The van der Waals surface area contributed by atoms with Gasteiger partial charge in [0.2, 0.25) is 5.82 Å². The molecular weight excluding hydrogens is 740 g/mol. The van der Waals surface area contributed by atoms with Gasteiger partial charge in [-0.2, -0.15) is 41.6 Å². The number of pyridine rings is 1. The van der Waals surface area contributed by atoms with E-state index < -0.39 is 78.4 Å². The second-order valence-corrected chi connectivity index (χ2v) is 14.1. The highest BCUT2D eigenvalue weighted by atomic mass is 35.5. The maximum absolute atomic E-state index is 13.7. The lowest BCUT2D eigenvalue weighted by Crippen LogP contribution is -2.43. The highest BCUT2D eigenvalue weighted by Crippen LogP contribution is 2.40. The molecule has 4 aromatic rings. The minimum atomic E-state index is -5.09. The van der Waals surface area contributed by atoms with E-state index in [1.165, 1.54) is 47.5 Å². The number of aliphatic hydroxyl groups is 1. The maximum atomic E-state index is 13.7. The van der Waals surface area contributed by atoms with Crippen molar-refractivity contribution in [2.75, 3.05) is 31.1 Å². The first-order valence-corrected chi connectivity index (χ1v) is 17.1. The summed E-state index contributed by atoms with van der Waals surface area (Å²) >= 11 is 5.93. The molecule has 51 heavy (non-hydrogen) atoms. The van der Waals surface area contributed by atoms with Gasteiger partial charge in [-0.05, 0) is 36.4 Å². The molecule has 0 unspecified atom stereocenters. The van der Waals surface area contributed by atoms with Crippen LogP contribution in [0.4, 0.5) is 26.3 Å². The van der Waals surface area contributed by atoms with Gasteiger partial charge in [-0.15, -0.1) is 10.2 Å². The third-order valence-corrected chi connectivity index (χ3v) is 9.41. The molecule has 1 aliphatic heterocycles. The number of hydrogen-bond acceptors (Lipinski definition) is 10. The van der Waals surface area contributed by atoms with Crippen molar-refractivity contribution in [2.24, 2.45) is 0 Å². The van der Waals surface area contributed by atoms with Gasteiger partial charge in [0.05, 0.1) is 30.0 Å². The highest BCUT2D eigenvalue weighted by molar-refractivity contribution is 8.24. The monoisotopic (exact) mass is 767 g/mol. The van der Waals surface area contributed by atoms with Crippen molar-refractivity contribution in [3.8, 4) is 17.2 Å². The average Bonchev–Trinajstić information content (AvgIpc) is 3.61. The normalized spacial score (nSPS) is 16.2. The predicted octanol–water partition coefficient (Wildman–Crippen LogP) is 3.20. The Labute approximate surface area is 289 Å². The second-order valence-electron chi connectivity index (χ2n) is 11.2. The summed E-state index contributed by atoms with van der Waals surface area (Å²) in [6.45, 7) is -2.92. The van der Waals surface area contributed by atoms with E-state index in [1.54, 1.807) is 0 Å². The molecule has 3 aromatic heterocycles. The number of nitrogens with one attached hydrogen (secondary N) is 1. The van der Waals surface area contributed by atoms with Gasteiger partial charge in [-0.1, -0.05) is 11.6 Å². The second kappa shape index (κ2) is 14.6. The molecule has 1 aliphatic rings. The molecule has 5 rings (SSSR count). The Hall–Kier alpha value is -4.51. The zero-order valence-electron chi connectivity index (χ0n) is 26.0. The third kappa shape index (κ3) is 9.05. The molecule has 0 saturated carbocycles. The van der Waals surface area contributed by atoms with Gasteiger partial charge in [0.15, 0.2) is 23.6 Å². The van der Waals surface area contributed by atoms with E-state index >= 15 is 0 Å². The standard InChI is InChI=1S/C28H28ClF6N9O6S/c29-17-5-3-16(4-6-17)21-40-43(26(48)42(21)14-19(45)28(33,34)35)15-20-38-23(25(47)41-10-12-51(49,50)13-11-41)44(39-20)22-18(2-1-8-36-22)24(46)37-9-7-27(30,31)32/h1-6,8,19,45,49-50H,7,9-15H2,(H,37,46)/t19-/m0/s1. The van der Waals surface area contributed by atoms with Crippen molar-refractivity contribution in [3.63, 3.8) is 0 Å². The summed E-state index contributed by atoms with van der Waals surface area (Å²) in [5.74, 6) is -3.60. The zero-order valence-corrected chi connectivity index (χ0v) is 27.5. The first-order chi connectivity index (χ1) is 23.8. The van der Waals surface area contributed by atoms with E-state index in [4.69, 9.17) is 11.6 Å². The molecule has 0 bridgehead atoms. The number of halogens is 7. The van der Waals surface area contributed by atoms with E-state index in [0.29, 0.717) is 9.25 Å². The Morgan fingerprint density at radius 2 is 1.69 bits per heavy atom. The summed E-state index contributed by atoms with van der Waals surface area (Å²) in [6.07, 6.45) is -12.7. The summed E-state index contributed by atoms with van der Waals surface area (Å²) in [6, 6.07) is 8.06. The lowest BCUT2D eigenvalue weighted by molar-refractivity contribution is -0.207. The van der Waals surface area contributed by atoms with Gasteiger partial charge in [0.1, 0.15) is 6.54 Å². The number of rotatable bonds is 10. The van der Waals surface area contributed by atoms with Crippen LogP contribution in [0.2, 0.25) is 5.02 Å². The van der Waals surface area contributed by atoms with Crippen LogP contribution in [-0.4, -0.2) is 115 Å². The molecule has 15 nitrogen and oxygen atoms in total. The van der Waals surface area contributed by atoms with Crippen LogP contribution in [0.3, 0.4) is 0 Å². The lowest BCUT2D eigenvalue weighted by Gasteiger charge is -2.40. The van der Waals surface area contributed by atoms with Crippen molar-refractivity contribution < 1.29 is 50.1 Å². The number of amides is 2. The van der Waals surface area contributed by atoms with E-state index in [-0.39, 0.29) is 58.2 Å². The number of alkyl halides is 6. The van der Waals surface area contributed by atoms with Gasteiger partial charge in [-0.25, -0.2) is 19.4 Å². The van der Waals surface area contributed by atoms with Crippen molar-refractivity contribution in [1.29, 1.82) is 0 Å². The summed E-state index contributed by atoms with van der Waals surface area (Å²) in [5, 5.41) is 20.6. The van der Waals surface area contributed by atoms with E-state index in [2.05, 4.69) is 25.5 Å². The number of carbonyl (C=O) groups is 2. The van der Waals surface area contributed by atoms with Gasteiger partial charge >= 0.3 is 18.0 Å². The zero-order chi connectivity index (χ0) is 37.3. The largest absolute Gasteiger partial charge is 0.416 e. The van der Waals surface area contributed by atoms with E-state index in [9.17, 15) is 54.9 Å². The highest BCUT2D eigenvalue weighted by Gasteiger charge is 2.39. The number of hydrogen-bond donors (Lipinski definition) is 4. The van der Waals surface area contributed by atoms with E-state index in [1.807, 2.05) is 0 Å². The number of aliphatic hydroxyl groups excluding tert-OH is 1. The summed E-state index contributed by atoms with van der Waals surface area (Å²) in [7, 11) is -2.94. The molecule has 0 radical (unpaired) electrons.